The molecule has 3 aromatic carbocycles. The van der Waals surface area contributed by atoms with E-state index in [-0.39, 0.29) is 41.2 Å². The molecule has 0 atom stereocenters. The number of nitrogens with zero attached hydrogens (tertiary/aromatic N) is 1. The van der Waals surface area contributed by atoms with Crippen LogP contribution in [0.5, 0.6) is 5.75 Å². The van der Waals surface area contributed by atoms with Gasteiger partial charge < -0.3 is 20.1 Å². The Morgan fingerprint density at radius 3 is 1.87 bits per heavy atom. The number of hydrogen-bond acceptors (Lipinski definition) is 7. The van der Waals surface area contributed by atoms with Crippen LogP contribution in [0.25, 0.3) is 0 Å². The molecule has 1 aliphatic heterocycles. The molecule has 4 rings (SSSR count). The Balaban J connectivity index is 1.36. The smallest absolute Gasteiger partial charge is 0.434 e. The summed E-state index contributed by atoms with van der Waals surface area (Å²) in [6.45, 7) is 6.00. The highest BCUT2D eigenvalue weighted by Crippen LogP contribution is 2.25. The van der Waals surface area contributed by atoms with Crippen molar-refractivity contribution in [3.8, 4) is 5.75 Å². The van der Waals surface area contributed by atoms with Gasteiger partial charge in [0.15, 0.2) is 0 Å². The molecule has 0 radical (unpaired) electrons. The molecule has 0 unspecified atom stereocenters. The average Bonchev–Trinajstić information content (AvgIpc) is 3.14. The third-order valence-electron chi connectivity index (χ3n) is 5.76. The molecule has 0 aliphatic carbocycles. The molecule has 0 spiro atoms. The van der Waals surface area contributed by atoms with Gasteiger partial charge in [-0.25, -0.2) is 4.79 Å². The number of nitrogens with one attached hydrogen (secondary N) is 2. The summed E-state index contributed by atoms with van der Waals surface area (Å²) in [4.78, 5) is 63.2. The van der Waals surface area contributed by atoms with Gasteiger partial charge in [-0.1, -0.05) is 13.8 Å². The second kappa shape index (κ2) is 11.6. The normalized spacial score (nSPS) is 12.3. The summed E-state index contributed by atoms with van der Waals surface area (Å²) in [6.07, 6.45) is -0.824. The summed E-state index contributed by atoms with van der Waals surface area (Å²) in [5.74, 6) is -1.20. The van der Waals surface area contributed by atoms with Gasteiger partial charge in [-0.3, -0.25) is 24.1 Å². The minimum absolute atomic E-state index is 0.126. The summed E-state index contributed by atoms with van der Waals surface area (Å²) in [5, 5.41) is 5.50. The maximum Gasteiger partial charge on any atom is 0.513 e. The van der Waals surface area contributed by atoms with Crippen molar-refractivity contribution in [1.29, 1.82) is 0 Å². The summed E-state index contributed by atoms with van der Waals surface area (Å²) in [6, 6.07) is 16.9. The average molecular weight is 530 g/mol. The lowest BCUT2D eigenvalue weighted by Gasteiger charge is -2.15. The van der Waals surface area contributed by atoms with E-state index in [1.165, 1.54) is 47.4 Å². The van der Waals surface area contributed by atoms with Crippen molar-refractivity contribution in [2.75, 3.05) is 23.8 Å². The fourth-order valence-electron chi connectivity index (χ4n) is 3.92. The van der Waals surface area contributed by atoms with Crippen molar-refractivity contribution in [1.82, 2.24) is 4.90 Å². The van der Waals surface area contributed by atoms with Crippen molar-refractivity contribution >= 4 is 41.2 Å². The Morgan fingerprint density at radius 2 is 1.31 bits per heavy atom. The van der Waals surface area contributed by atoms with Crippen LogP contribution in [0.3, 0.4) is 0 Å². The van der Waals surface area contributed by atoms with E-state index in [0.717, 1.165) is 0 Å². The quantitative estimate of drug-likeness (QED) is 0.239. The monoisotopic (exact) mass is 529 g/mol. The molecule has 10 nitrogen and oxygen atoms in total. The molecule has 0 aromatic heterocycles. The zero-order chi connectivity index (χ0) is 28.1. The number of amides is 4. The van der Waals surface area contributed by atoms with Crippen LogP contribution in [0.1, 0.15) is 62.2 Å². The number of carbonyl (C=O) groups excluding carboxylic acids is 5. The van der Waals surface area contributed by atoms with Crippen LogP contribution in [-0.4, -0.2) is 47.8 Å². The number of anilines is 2. The van der Waals surface area contributed by atoms with E-state index in [1.807, 2.05) is 13.8 Å². The molecule has 2 N–H and O–H groups in total. The number of carbonyl (C=O) groups is 5. The third-order valence-corrected chi connectivity index (χ3v) is 5.76. The first-order valence-corrected chi connectivity index (χ1v) is 12.3. The van der Waals surface area contributed by atoms with E-state index in [4.69, 9.17) is 9.47 Å². The Hall–Kier alpha value is -4.99. The van der Waals surface area contributed by atoms with Gasteiger partial charge in [0.25, 0.3) is 23.6 Å². The van der Waals surface area contributed by atoms with Crippen LogP contribution in [-0.2, 0) is 4.74 Å². The minimum Gasteiger partial charge on any atom is -0.434 e. The van der Waals surface area contributed by atoms with Gasteiger partial charge in [-0.05, 0) is 79.6 Å². The molecule has 0 saturated carbocycles. The maximum atomic E-state index is 12.8. The second-order valence-electron chi connectivity index (χ2n) is 9.17. The molecule has 200 valence electrons. The highest BCUT2D eigenvalue weighted by molar-refractivity contribution is 6.22. The number of hydrogen-bond donors (Lipinski definition) is 2. The second-order valence-corrected chi connectivity index (χ2v) is 9.17. The standard InChI is InChI=1S/C29H27N3O7/c1-4-38-29(37)39-22-12-5-18(6-13-22)25(33)30-20-8-10-21(11-9-20)31-26(34)19-7-14-23-24(15-19)28(36)32(27(23)35)16-17(2)3/h5-15,17H,4,16H2,1-3H3,(H,30,33)(H,31,34). The SMILES string of the molecule is CCOC(=O)Oc1ccc(C(=O)Nc2ccc(NC(=O)c3ccc4c(c3)C(=O)N(CC(C)C)C4=O)cc2)cc1. The maximum absolute atomic E-state index is 12.8. The van der Waals surface area contributed by atoms with E-state index in [1.54, 1.807) is 31.2 Å². The zero-order valence-corrected chi connectivity index (χ0v) is 21.6. The fourth-order valence-corrected chi connectivity index (χ4v) is 3.92. The first kappa shape index (κ1) is 27.1. The van der Waals surface area contributed by atoms with Crippen molar-refractivity contribution in [3.63, 3.8) is 0 Å². The summed E-state index contributed by atoms with van der Waals surface area (Å²) >= 11 is 0. The van der Waals surface area contributed by atoms with Crippen molar-refractivity contribution in [3.05, 3.63) is 89.0 Å². The number of imide groups is 1. The molecule has 3 aromatic rings. The minimum atomic E-state index is -0.824. The molecule has 1 aliphatic rings. The lowest BCUT2D eigenvalue weighted by molar-refractivity contribution is 0.0635. The van der Waals surface area contributed by atoms with Crippen molar-refractivity contribution in [2.24, 2.45) is 5.92 Å². The zero-order valence-electron chi connectivity index (χ0n) is 21.6. The van der Waals surface area contributed by atoms with Gasteiger partial charge >= 0.3 is 6.16 Å². The molecule has 1 heterocycles. The fraction of sp³-hybridized carbons (Fsp3) is 0.207. The van der Waals surface area contributed by atoms with E-state index in [0.29, 0.717) is 29.0 Å². The first-order chi connectivity index (χ1) is 18.7. The molecule has 10 heteroatoms. The number of rotatable bonds is 8. The molecular weight excluding hydrogens is 502 g/mol. The Bertz CT molecular complexity index is 1430. The number of ether oxygens (including phenoxy) is 2. The van der Waals surface area contributed by atoms with E-state index in [9.17, 15) is 24.0 Å². The van der Waals surface area contributed by atoms with Crippen LogP contribution >= 0.6 is 0 Å². The highest BCUT2D eigenvalue weighted by Gasteiger charge is 2.36. The van der Waals surface area contributed by atoms with Crippen LogP contribution in [0.15, 0.2) is 66.7 Å². The van der Waals surface area contributed by atoms with Gasteiger partial charge in [-0.15, -0.1) is 0 Å². The lowest BCUT2D eigenvalue weighted by Crippen LogP contribution is -2.33. The van der Waals surface area contributed by atoms with Crippen LogP contribution < -0.4 is 15.4 Å². The lowest BCUT2D eigenvalue weighted by atomic mass is 10.1. The van der Waals surface area contributed by atoms with E-state index >= 15 is 0 Å². The highest BCUT2D eigenvalue weighted by atomic mass is 16.7. The van der Waals surface area contributed by atoms with Gasteiger partial charge in [-0.2, -0.15) is 0 Å². The molecule has 4 amide bonds. The Morgan fingerprint density at radius 1 is 0.769 bits per heavy atom. The summed E-state index contributed by atoms with van der Waals surface area (Å²) < 4.78 is 9.68. The van der Waals surface area contributed by atoms with Gasteiger partial charge in [0, 0.05) is 29.0 Å². The van der Waals surface area contributed by atoms with Gasteiger partial charge in [0.2, 0.25) is 0 Å². The van der Waals surface area contributed by atoms with Crippen molar-refractivity contribution in [2.45, 2.75) is 20.8 Å². The number of benzene rings is 3. The molecule has 0 saturated heterocycles. The number of fused-ring (bicyclic) bond motifs is 1. The molecule has 0 bridgehead atoms. The molecule has 0 fully saturated rings. The Kier molecular flexibility index (Phi) is 8.04. The van der Waals surface area contributed by atoms with Gasteiger partial charge in [0.1, 0.15) is 5.75 Å². The van der Waals surface area contributed by atoms with Crippen LogP contribution in [0.4, 0.5) is 16.2 Å². The predicted molar refractivity (Wildman–Crippen MR) is 143 cm³/mol. The molecular formula is C29H27N3O7. The molecule has 39 heavy (non-hydrogen) atoms. The summed E-state index contributed by atoms with van der Waals surface area (Å²) in [7, 11) is 0. The predicted octanol–water partition coefficient (Wildman–Crippen LogP) is 4.98. The largest absolute Gasteiger partial charge is 0.513 e. The van der Waals surface area contributed by atoms with Crippen LogP contribution in [0, 0.1) is 5.92 Å². The Labute approximate surface area is 224 Å². The van der Waals surface area contributed by atoms with E-state index in [2.05, 4.69) is 10.6 Å². The van der Waals surface area contributed by atoms with Crippen LogP contribution in [0.2, 0.25) is 0 Å². The third kappa shape index (κ3) is 6.30. The van der Waals surface area contributed by atoms with Gasteiger partial charge in [0.05, 0.1) is 17.7 Å². The first-order valence-electron chi connectivity index (χ1n) is 12.3. The summed E-state index contributed by atoms with van der Waals surface area (Å²) in [5.41, 5.74) is 2.07. The van der Waals surface area contributed by atoms with Crippen molar-refractivity contribution < 1.29 is 33.4 Å². The topological polar surface area (TPSA) is 131 Å². The van der Waals surface area contributed by atoms with E-state index < -0.39 is 18.0 Å².